The molecule has 0 radical (unpaired) electrons. The van der Waals surface area contributed by atoms with Gasteiger partial charge in [0.1, 0.15) is 5.75 Å². The monoisotopic (exact) mass is 610 g/mol. The second-order valence-electron chi connectivity index (χ2n) is 7.49. The van der Waals surface area contributed by atoms with Gasteiger partial charge in [-0.25, -0.2) is 10.2 Å². The fourth-order valence-electron chi connectivity index (χ4n) is 3.55. The number of nitrogens with one attached hydrogen (secondary N) is 1. The van der Waals surface area contributed by atoms with Gasteiger partial charge in [0.2, 0.25) is 0 Å². The predicted molar refractivity (Wildman–Crippen MR) is 145 cm³/mol. The lowest BCUT2D eigenvalue weighted by molar-refractivity contribution is 0.0730. The number of carbonyl (C=O) groups excluding carboxylic acids is 2. The second kappa shape index (κ2) is 11.4. The van der Waals surface area contributed by atoms with E-state index in [1.165, 1.54) is 20.4 Å². The minimum Gasteiger partial charge on any atom is -0.496 e. The summed E-state index contributed by atoms with van der Waals surface area (Å²) in [5.74, 6) is 0.0288. The normalized spacial score (nSPS) is 10.9. The van der Waals surface area contributed by atoms with Crippen LogP contribution in [-0.4, -0.2) is 32.3 Å². The molecule has 0 heterocycles. The van der Waals surface area contributed by atoms with Gasteiger partial charge < -0.3 is 14.2 Å². The van der Waals surface area contributed by atoms with Crippen LogP contribution >= 0.6 is 31.9 Å². The third kappa shape index (κ3) is 5.58. The van der Waals surface area contributed by atoms with E-state index in [0.717, 1.165) is 15.2 Å². The minimum atomic E-state index is -0.512. The van der Waals surface area contributed by atoms with Crippen molar-refractivity contribution < 1.29 is 23.8 Å². The average Bonchev–Trinajstić information content (AvgIpc) is 2.89. The summed E-state index contributed by atoms with van der Waals surface area (Å²) in [6.07, 6.45) is 1.45. The number of halogens is 2. The molecule has 1 amide bonds. The van der Waals surface area contributed by atoms with Crippen molar-refractivity contribution in [3.8, 4) is 17.2 Å². The molecule has 0 spiro atoms. The molecular weight excluding hydrogens is 592 g/mol. The van der Waals surface area contributed by atoms with Gasteiger partial charge in [-0.05, 0) is 68.7 Å². The molecule has 0 aliphatic carbocycles. The zero-order chi connectivity index (χ0) is 25.7. The van der Waals surface area contributed by atoms with E-state index in [-0.39, 0.29) is 5.75 Å². The molecule has 4 aromatic rings. The summed E-state index contributed by atoms with van der Waals surface area (Å²) in [7, 11) is 2.96. The number of hydrazone groups is 1. The van der Waals surface area contributed by atoms with E-state index in [2.05, 4.69) is 42.4 Å². The van der Waals surface area contributed by atoms with Crippen LogP contribution in [-0.2, 0) is 0 Å². The van der Waals surface area contributed by atoms with Crippen LogP contribution in [0.15, 0.2) is 86.8 Å². The summed E-state index contributed by atoms with van der Waals surface area (Å²) in [5, 5.41) is 5.76. The van der Waals surface area contributed by atoms with Crippen LogP contribution in [0.1, 0.15) is 26.3 Å². The molecule has 4 rings (SSSR count). The summed E-state index contributed by atoms with van der Waals surface area (Å²) in [4.78, 5) is 25.5. The Morgan fingerprint density at radius 2 is 1.61 bits per heavy atom. The Hall–Kier alpha value is -3.69. The van der Waals surface area contributed by atoms with Crippen LogP contribution in [0.4, 0.5) is 0 Å². The molecule has 9 heteroatoms. The molecule has 182 valence electrons. The molecule has 0 fully saturated rings. The highest BCUT2D eigenvalue weighted by Crippen LogP contribution is 2.37. The Morgan fingerprint density at radius 1 is 0.861 bits per heavy atom. The number of rotatable bonds is 7. The molecule has 0 aliphatic rings. The highest BCUT2D eigenvalue weighted by molar-refractivity contribution is 9.10. The molecule has 0 unspecified atom stereocenters. The first-order chi connectivity index (χ1) is 17.4. The molecule has 36 heavy (non-hydrogen) atoms. The molecule has 7 nitrogen and oxygen atoms in total. The fourth-order valence-corrected chi connectivity index (χ4v) is 4.45. The lowest BCUT2D eigenvalue weighted by Crippen LogP contribution is -2.18. The van der Waals surface area contributed by atoms with Crippen LogP contribution < -0.4 is 19.6 Å². The zero-order valence-corrected chi connectivity index (χ0v) is 22.4. The Labute approximate surface area is 224 Å². The number of methoxy groups -OCH3 is 2. The van der Waals surface area contributed by atoms with Crippen molar-refractivity contribution in [1.82, 2.24) is 5.43 Å². The SMILES string of the molecule is COc1ccc(Br)cc1C(=O)N/N=C\c1cc(Br)c(OC(=O)c2cccc3ccccc23)c(OC)c1. The van der Waals surface area contributed by atoms with Crippen molar-refractivity contribution in [2.24, 2.45) is 5.10 Å². The number of hydrogen-bond donors (Lipinski definition) is 1. The van der Waals surface area contributed by atoms with E-state index in [4.69, 9.17) is 14.2 Å². The number of hydrogen-bond acceptors (Lipinski definition) is 6. The molecule has 0 atom stereocenters. The summed E-state index contributed by atoms with van der Waals surface area (Å²) in [6.45, 7) is 0. The average molecular weight is 612 g/mol. The first-order valence-corrected chi connectivity index (χ1v) is 12.2. The van der Waals surface area contributed by atoms with Gasteiger partial charge in [0.15, 0.2) is 11.5 Å². The zero-order valence-electron chi connectivity index (χ0n) is 19.2. The quantitative estimate of drug-likeness (QED) is 0.114. The summed E-state index contributed by atoms with van der Waals surface area (Å²) in [6, 6.07) is 21.5. The maximum atomic E-state index is 13.0. The van der Waals surface area contributed by atoms with Crippen molar-refractivity contribution in [3.63, 3.8) is 0 Å². The number of fused-ring (bicyclic) bond motifs is 1. The lowest BCUT2D eigenvalue weighted by Gasteiger charge is -2.13. The highest BCUT2D eigenvalue weighted by atomic mass is 79.9. The molecule has 0 aliphatic heterocycles. The maximum Gasteiger partial charge on any atom is 0.344 e. The fraction of sp³-hybridized carbons (Fsp3) is 0.0741. The molecule has 0 saturated carbocycles. The Balaban J connectivity index is 1.53. The number of nitrogens with zero attached hydrogens (tertiary/aromatic N) is 1. The van der Waals surface area contributed by atoms with Gasteiger partial charge >= 0.3 is 5.97 Å². The third-order valence-corrected chi connectivity index (χ3v) is 6.32. The van der Waals surface area contributed by atoms with E-state index in [1.807, 2.05) is 36.4 Å². The third-order valence-electron chi connectivity index (χ3n) is 5.24. The standard InChI is InChI=1S/C27H20Br2N2O5/c1-34-23-11-10-18(28)14-21(23)26(32)31-30-15-16-12-22(29)25(24(13-16)35-2)36-27(33)20-9-5-7-17-6-3-4-8-19(17)20/h3-15H,1-2H3,(H,31,32)/b30-15-. The lowest BCUT2D eigenvalue weighted by atomic mass is 10.0. The largest absolute Gasteiger partial charge is 0.496 e. The van der Waals surface area contributed by atoms with Crippen LogP contribution in [0.2, 0.25) is 0 Å². The molecular formula is C27H20Br2N2O5. The van der Waals surface area contributed by atoms with Crippen molar-refractivity contribution in [3.05, 3.63) is 98.4 Å². The Kier molecular flexibility index (Phi) is 8.02. The topological polar surface area (TPSA) is 86.2 Å². The van der Waals surface area contributed by atoms with Crippen LogP contribution in [0.5, 0.6) is 17.2 Å². The van der Waals surface area contributed by atoms with E-state index in [9.17, 15) is 9.59 Å². The number of benzene rings is 4. The summed E-state index contributed by atoms with van der Waals surface area (Å²) < 4.78 is 17.6. The van der Waals surface area contributed by atoms with Crippen molar-refractivity contribution in [1.29, 1.82) is 0 Å². The summed E-state index contributed by atoms with van der Waals surface area (Å²) >= 11 is 6.79. The summed E-state index contributed by atoms with van der Waals surface area (Å²) in [5.41, 5.74) is 3.86. The van der Waals surface area contributed by atoms with Crippen LogP contribution in [0.25, 0.3) is 10.8 Å². The van der Waals surface area contributed by atoms with Crippen LogP contribution in [0.3, 0.4) is 0 Å². The van der Waals surface area contributed by atoms with Crippen molar-refractivity contribution in [2.45, 2.75) is 0 Å². The van der Waals surface area contributed by atoms with Gasteiger partial charge in [0.25, 0.3) is 5.91 Å². The predicted octanol–water partition coefficient (Wildman–Crippen LogP) is 6.37. The molecule has 0 aromatic heterocycles. The first kappa shape index (κ1) is 25.4. The molecule has 0 saturated heterocycles. The van der Waals surface area contributed by atoms with Crippen LogP contribution in [0, 0.1) is 0 Å². The smallest absolute Gasteiger partial charge is 0.344 e. The molecule has 4 aromatic carbocycles. The highest BCUT2D eigenvalue weighted by Gasteiger charge is 2.18. The number of carbonyl (C=O) groups is 2. The Bertz CT molecular complexity index is 1480. The van der Waals surface area contributed by atoms with Crippen molar-refractivity contribution in [2.75, 3.05) is 14.2 Å². The number of amides is 1. The maximum absolute atomic E-state index is 13.0. The van der Waals surface area contributed by atoms with Gasteiger partial charge in [-0.2, -0.15) is 5.10 Å². The van der Waals surface area contributed by atoms with E-state index < -0.39 is 11.9 Å². The Morgan fingerprint density at radius 3 is 2.39 bits per heavy atom. The second-order valence-corrected chi connectivity index (χ2v) is 9.26. The van der Waals surface area contributed by atoms with Gasteiger partial charge in [-0.15, -0.1) is 0 Å². The van der Waals surface area contributed by atoms with Gasteiger partial charge in [-0.1, -0.05) is 52.3 Å². The van der Waals surface area contributed by atoms with Gasteiger partial charge in [0.05, 0.1) is 36.0 Å². The van der Waals surface area contributed by atoms with E-state index in [0.29, 0.717) is 32.7 Å². The van der Waals surface area contributed by atoms with E-state index >= 15 is 0 Å². The van der Waals surface area contributed by atoms with Gasteiger partial charge in [-0.3, -0.25) is 4.79 Å². The molecule has 1 N–H and O–H groups in total. The first-order valence-electron chi connectivity index (χ1n) is 10.7. The number of ether oxygens (including phenoxy) is 3. The minimum absolute atomic E-state index is 0.232. The van der Waals surface area contributed by atoms with E-state index in [1.54, 1.807) is 36.4 Å². The van der Waals surface area contributed by atoms with Gasteiger partial charge in [0, 0.05) is 4.47 Å². The number of esters is 1. The molecule has 0 bridgehead atoms. The van der Waals surface area contributed by atoms with Crippen molar-refractivity contribution >= 4 is 60.7 Å².